The van der Waals surface area contributed by atoms with E-state index in [0.29, 0.717) is 22.4 Å². The summed E-state index contributed by atoms with van der Waals surface area (Å²) in [5.41, 5.74) is 7.62. The maximum atomic E-state index is 11.6. The Kier molecular flexibility index (Phi) is 4.53. The van der Waals surface area contributed by atoms with Gasteiger partial charge in [0.2, 0.25) is 0 Å². The predicted octanol–water partition coefficient (Wildman–Crippen LogP) is 2.31. The lowest BCUT2D eigenvalue weighted by molar-refractivity contribution is 0.0695. The first kappa shape index (κ1) is 15.0. The molecule has 0 aliphatic carbocycles. The van der Waals surface area contributed by atoms with Crippen LogP contribution >= 0.6 is 0 Å². The maximum absolute atomic E-state index is 11.6. The van der Waals surface area contributed by atoms with E-state index in [1.165, 1.54) is 6.07 Å². The Hall–Kier alpha value is -2.04. The number of anilines is 1. The second-order valence-electron chi connectivity index (χ2n) is 4.72. The molecule has 0 aliphatic heterocycles. The molecule has 0 aromatic heterocycles. The van der Waals surface area contributed by atoms with Gasteiger partial charge in [-0.15, -0.1) is 0 Å². The summed E-state index contributed by atoms with van der Waals surface area (Å²) in [6.45, 7) is 7.35. The summed E-state index contributed by atoms with van der Waals surface area (Å²) >= 11 is 0. The predicted molar refractivity (Wildman–Crippen MR) is 74.8 cm³/mol. The third kappa shape index (κ3) is 3.05. The van der Waals surface area contributed by atoms with E-state index in [-0.39, 0.29) is 11.6 Å². The van der Waals surface area contributed by atoms with E-state index in [2.05, 4.69) is 5.32 Å². The Morgan fingerprint density at radius 1 is 1.37 bits per heavy atom. The van der Waals surface area contributed by atoms with Gasteiger partial charge in [0.05, 0.1) is 11.1 Å². The number of rotatable bonds is 5. The Morgan fingerprint density at radius 2 is 1.95 bits per heavy atom. The number of amides is 1. The largest absolute Gasteiger partial charge is 0.478 e. The van der Waals surface area contributed by atoms with Crippen LogP contribution in [0.15, 0.2) is 6.07 Å². The van der Waals surface area contributed by atoms with Crippen molar-refractivity contribution in [1.82, 2.24) is 0 Å². The molecule has 0 saturated carbocycles. The molecule has 0 radical (unpaired) electrons. The molecule has 4 N–H and O–H groups in total. The van der Waals surface area contributed by atoms with Gasteiger partial charge in [0, 0.05) is 11.7 Å². The van der Waals surface area contributed by atoms with Gasteiger partial charge in [-0.1, -0.05) is 6.92 Å². The van der Waals surface area contributed by atoms with Gasteiger partial charge in [0.1, 0.15) is 0 Å². The molecule has 0 bridgehead atoms. The molecule has 1 rings (SSSR count). The summed E-state index contributed by atoms with van der Waals surface area (Å²) in [6, 6.07) is 1.61. The van der Waals surface area contributed by atoms with Crippen LogP contribution in [-0.4, -0.2) is 23.0 Å². The van der Waals surface area contributed by atoms with Crippen LogP contribution in [0.2, 0.25) is 0 Å². The molecule has 0 fully saturated rings. The van der Waals surface area contributed by atoms with E-state index in [9.17, 15) is 14.7 Å². The molecule has 104 valence electrons. The van der Waals surface area contributed by atoms with Gasteiger partial charge in [0.25, 0.3) is 5.91 Å². The highest BCUT2D eigenvalue weighted by Gasteiger charge is 2.20. The number of carboxylic acid groups (broad SMARTS) is 1. The van der Waals surface area contributed by atoms with Gasteiger partial charge in [0.15, 0.2) is 0 Å². The number of nitrogens with two attached hydrogens (primary N) is 1. The summed E-state index contributed by atoms with van der Waals surface area (Å²) in [7, 11) is 0. The van der Waals surface area contributed by atoms with E-state index in [1.807, 2.05) is 13.8 Å². The van der Waals surface area contributed by atoms with Gasteiger partial charge in [-0.3, -0.25) is 4.79 Å². The number of carbonyl (C=O) groups is 2. The number of benzene rings is 1. The van der Waals surface area contributed by atoms with E-state index in [0.717, 1.165) is 6.42 Å². The fraction of sp³-hybridized carbons (Fsp3) is 0.429. The molecule has 1 atom stereocenters. The van der Waals surface area contributed by atoms with Gasteiger partial charge in [-0.2, -0.15) is 0 Å². The van der Waals surface area contributed by atoms with Crippen molar-refractivity contribution in [3.63, 3.8) is 0 Å². The van der Waals surface area contributed by atoms with Crippen molar-refractivity contribution >= 4 is 17.6 Å². The summed E-state index contributed by atoms with van der Waals surface area (Å²) in [5.74, 6) is -1.56. The van der Waals surface area contributed by atoms with Crippen LogP contribution in [0.4, 0.5) is 5.69 Å². The molecule has 1 amide bonds. The van der Waals surface area contributed by atoms with Crippen LogP contribution in [0.1, 0.15) is 52.1 Å². The number of primary amides is 1. The Labute approximate surface area is 112 Å². The van der Waals surface area contributed by atoms with Crippen molar-refractivity contribution in [2.24, 2.45) is 5.73 Å². The van der Waals surface area contributed by atoms with Crippen LogP contribution in [0.25, 0.3) is 0 Å². The summed E-state index contributed by atoms with van der Waals surface area (Å²) in [5, 5.41) is 12.3. The SMILES string of the molecule is CC[C@@H](C)Nc1cc(C(=O)O)c(C)c(C)c1C(N)=O. The molecular weight excluding hydrogens is 244 g/mol. The van der Waals surface area contributed by atoms with Crippen molar-refractivity contribution in [2.75, 3.05) is 5.32 Å². The third-order valence-electron chi connectivity index (χ3n) is 3.39. The molecule has 19 heavy (non-hydrogen) atoms. The van der Waals surface area contributed by atoms with Crippen molar-refractivity contribution in [3.8, 4) is 0 Å². The van der Waals surface area contributed by atoms with Crippen LogP contribution in [0.5, 0.6) is 0 Å². The number of hydrogen-bond acceptors (Lipinski definition) is 3. The normalized spacial score (nSPS) is 12.0. The van der Waals surface area contributed by atoms with Gasteiger partial charge in [-0.05, 0) is 44.4 Å². The fourth-order valence-electron chi connectivity index (χ4n) is 1.94. The van der Waals surface area contributed by atoms with Crippen molar-refractivity contribution < 1.29 is 14.7 Å². The second kappa shape index (κ2) is 5.73. The standard InChI is InChI=1S/C14H20N2O3/c1-5-7(2)16-11-6-10(14(18)19)8(3)9(4)12(11)13(15)17/h6-7,16H,5H2,1-4H3,(H2,15,17)(H,18,19)/t7-/m1/s1. The van der Waals surface area contributed by atoms with Crippen LogP contribution in [0, 0.1) is 13.8 Å². The minimum absolute atomic E-state index is 0.127. The molecule has 5 nitrogen and oxygen atoms in total. The Morgan fingerprint density at radius 3 is 2.37 bits per heavy atom. The lowest BCUT2D eigenvalue weighted by Gasteiger charge is -2.19. The minimum Gasteiger partial charge on any atom is -0.478 e. The molecule has 0 spiro atoms. The van der Waals surface area contributed by atoms with E-state index in [1.54, 1.807) is 13.8 Å². The van der Waals surface area contributed by atoms with Gasteiger partial charge >= 0.3 is 5.97 Å². The Balaban J connectivity index is 3.49. The molecule has 0 unspecified atom stereocenters. The molecule has 0 heterocycles. The van der Waals surface area contributed by atoms with Crippen molar-refractivity contribution in [2.45, 2.75) is 40.2 Å². The molecule has 0 saturated heterocycles. The number of hydrogen-bond donors (Lipinski definition) is 3. The zero-order chi connectivity index (χ0) is 14.7. The second-order valence-corrected chi connectivity index (χ2v) is 4.72. The number of aromatic carboxylic acids is 1. The zero-order valence-corrected chi connectivity index (χ0v) is 11.7. The number of carbonyl (C=O) groups excluding carboxylic acids is 1. The van der Waals surface area contributed by atoms with Gasteiger partial charge < -0.3 is 16.2 Å². The zero-order valence-electron chi connectivity index (χ0n) is 11.7. The summed E-state index contributed by atoms with van der Waals surface area (Å²) in [4.78, 5) is 22.8. The van der Waals surface area contributed by atoms with Crippen LogP contribution in [-0.2, 0) is 0 Å². The quantitative estimate of drug-likeness (QED) is 0.760. The highest BCUT2D eigenvalue weighted by molar-refractivity contribution is 6.03. The first-order valence-electron chi connectivity index (χ1n) is 6.23. The number of carboxylic acids is 1. The average Bonchev–Trinajstić information content (AvgIpc) is 2.32. The van der Waals surface area contributed by atoms with E-state index >= 15 is 0 Å². The van der Waals surface area contributed by atoms with Gasteiger partial charge in [-0.25, -0.2) is 4.79 Å². The highest BCUT2D eigenvalue weighted by atomic mass is 16.4. The lowest BCUT2D eigenvalue weighted by Crippen LogP contribution is -2.22. The molecule has 1 aromatic rings. The fourth-order valence-corrected chi connectivity index (χ4v) is 1.94. The molecule has 0 aliphatic rings. The molecule has 5 heteroatoms. The first-order chi connectivity index (χ1) is 8.79. The van der Waals surface area contributed by atoms with Crippen molar-refractivity contribution in [1.29, 1.82) is 0 Å². The Bertz CT molecular complexity index is 524. The topological polar surface area (TPSA) is 92.4 Å². The van der Waals surface area contributed by atoms with Crippen molar-refractivity contribution in [3.05, 3.63) is 28.3 Å². The smallest absolute Gasteiger partial charge is 0.336 e. The first-order valence-corrected chi connectivity index (χ1v) is 6.23. The maximum Gasteiger partial charge on any atom is 0.336 e. The average molecular weight is 264 g/mol. The van der Waals surface area contributed by atoms with E-state index in [4.69, 9.17) is 5.73 Å². The third-order valence-corrected chi connectivity index (χ3v) is 3.39. The van der Waals surface area contributed by atoms with E-state index < -0.39 is 11.9 Å². The molecule has 1 aromatic carbocycles. The summed E-state index contributed by atoms with van der Waals surface area (Å²) < 4.78 is 0. The lowest BCUT2D eigenvalue weighted by atomic mass is 9.95. The minimum atomic E-state index is -1.01. The monoisotopic (exact) mass is 264 g/mol. The molecular formula is C14H20N2O3. The number of nitrogens with one attached hydrogen (secondary N) is 1. The van der Waals surface area contributed by atoms with Crippen LogP contribution in [0.3, 0.4) is 0 Å². The summed E-state index contributed by atoms with van der Waals surface area (Å²) in [6.07, 6.45) is 0.855. The highest BCUT2D eigenvalue weighted by Crippen LogP contribution is 2.27. The van der Waals surface area contributed by atoms with Crippen LogP contribution < -0.4 is 11.1 Å².